The maximum atomic E-state index is 12.6. The van der Waals surface area contributed by atoms with Gasteiger partial charge in [0.1, 0.15) is 18.1 Å². The highest BCUT2D eigenvalue weighted by atomic mass is 16.3. The van der Waals surface area contributed by atoms with E-state index in [4.69, 9.17) is 4.42 Å². The van der Waals surface area contributed by atoms with Crippen LogP contribution in [0.2, 0.25) is 0 Å². The number of nitrogens with one attached hydrogen (secondary N) is 2. The van der Waals surface area contributed by atoms with Gasteiger partial charge in [-0.1, -0.05) is 30.3 Å². The van der Waals surface area contributed by atoms with Gasteiger partial charge in [-0.3, -0.25) is 34.4 Å². The molecule has 3 rings (SSSR count). The van der Waals surface area contributed by atoms with Crippen molar-refractivity contribution in [2.24, 2.45) is 0 Å². The molecule has 2 N–H and O–H groups in total. The maximum Gasteiger partial charge on any atom is 0.331 e. The van der Waals surface area contributed by atoms with Crippen molar-refractivity contribution < 1.29 is 14.0 Å². The zero-order valence-electron chi connectivity index (χ0n) is 16.0. The van der Waals surface area contributed by atoms with Crippen LogP contribution in [0.3, 0.4) is 0 Å². The normalized spacial score (nSPS) is 10.6. The van der Waals surface area contributed by atoms with Gasteiger partial charge in [-0.2, -0.15) is 0 Å². The van der Waals surface area contributed by atoms with Gasteiger partial charge in [-0.05, 0) is 25.5 Å². The molecule has 0 atom stereocenters. The Hall–Kier alpha value is -3.88. The van der Waals surface area contributed by atoms with Crippen LogP contribution in [0.5, 0.6) is 0 Å². The van der Waals surface area contributed by atoms with Crippen LogP contribution in [-0.4, -0.2) is 20.9 Å². The summed E-state index contributed by atoms with van der Waals surface area (Å²) in [4.78, 5) is 48.9. The molecule has 0 spiro atoms. The molecule has 150 valence electrons. The van der Waals surface area contributed by atoms with Gasteiger partial charge in [0.15, 0.2) is 0 Å². The molecule has 0 saturated heterocycles. The third kappa shape index (κ3) is 4.70. The van der Waals surface area contributed by atoms with E-state index in [0.29, 0.717) is 11.5 Å². The standard InChI is InChI=1S/C20H20N4O5/c1-13-10-16(14(2)29-13)19(27)22-21-17(25)12-24-18(26)8-9-23(20(24)28)11-15-6-4-3-5-7-15/h3-10H,11-12H2,1-2H3,(H,21,25)(H,22,27). The first-order valence-corrected chi connectivity index (χ1v) is 8.85. The number of rotatable bonds is 5. The molecule has 0 saturated carbocycles. The third-order valence-corrected chi connectivity index (χ3v) is 4.24. The highest BCUT2D eigenvalue weighted by molar-refractivity contribution is 5.96. The lowest BCUT2D eigenvalue weighted by Crippen LogP contribution is -2.47. The van der Waals surface area contributed by atoms with Crippen LogP contribution in [0.4, 0.5) is 0 Å². The highest BCUT2D eigenvalue weighted by Crippen LogP contribution is 2.12. The van der Waals surface area contributed by atoms with E-state index >= 15 is 0 Å². The van der Waals surface area contributed by atoms with Gasteiger partial charge >= 0.3 is 5.69 Å². The number of aryl methyl sites for hydroxylation is 2. The Kier molecular flexibility index (Phi) is 5.77. The van der Waals surface area contributed by atoms with Gasteiger partial charge in [0.25, 0.3) is 17.4 Å². The van der Waals surface area contributed by atoms with Crippen molar-refractivity contribution in [2.75, 3.05) is 0 Å². The van der Waals surface area contributed by atoms with Gasteiger partial charge in [0, 0.05) is 12.3 Å². The smallest absolute Gasteiger partial charge is 0.331 e. The van der Waals surface area contributed by atoms with E-state index in [1.54, 1.807) is 19.9 Å². The summed E-state index contributed by atoms with van der Waals surface area (Å²) < 4.78 is 7.41. The van der Waals surface area contributed by atoms with Crippen LogP contribution < -0.4 is 22.1 Å². The lowest BCUT2D eigenvalue weighted by Gasteiger charge is -2.11. The molecular weight excluding hydrogens is 376 g/mol. The van der Waals surface area contributed by atoms with Crippen molar-refractivity contribution in [3.63, 3.8) is 0 Å². The summed E-state index contributed by atoms with van der Waals surface area (Å²) >= 11 is 0. The lowest BCUT2D eigenvalue weighted by atomic mass is 10.2. The minimum absolute atomic E-state index is 0.261. The van der Waals surface area contributed by atoms with Gasteiger partial charge in [-0.15, -0.1) is 0 Å². The summed E-state index contributed by atoms with van der Waals surface area (Å²) in [5.41, 5.74) is 4.37. The Morgan fingerprint density at radius 1 is 1.03 bits per heavy atom. The van der Waals surface area contributed by atoms with Crippen LogP contribution in [0.25, 0.3) is 0 Å². The number of aromatic nitrogens is 2. The predicted molar refractivity (Wildman–Crippen MR) is 104 cm³/mol. The molecule has 2 heterocycles. The number of furan rings is 1. The fourth-order valence-electron chi connectivity index (χ4n) is 2.84. The molecular formula is C20H20N4O5. The molecule has 0 aliphatic carbocycles. The van der Waals surface area contributed by atoms with Gasteiger partial charge in [0.05, 0.1) is 12.1 Å². The molecule has 2 aromatic heterocycles. The van der Waals surface area contributed by atoms with E-state index in [1.165, 1.54) is 16.8 Å². The zero-order chi connectivity index (χ0) is 21.0. The molecule has 0 bridgehead atoms. The van der Waals surface area contributed by atoms with Crippen LogP contribution in [0, 0.1) is 13.8 Å². The van der Waals surface area contributed by atoms with Crippen LogP contribution in [0.1, 0.15) is 27.4 Å². The topological polar surface area (TPSA) is 115 Å². The van der Waals surface area contributed by atoms with Crippen LogP contribution >= 0.6 is 0 Å². The highest BCUT2D eigenvalue weighted by Gasteiger charge is 2.15. The van der Waals surface area contributed by atoms with Crippen molar-refractivity contribution in [1.82, 2.24) is 20.0 Å². The number of hydrogen-bond acceptors (Lipinski definition) is 5. The largest absolute Gasteiger partial charge is 0.466 e. The summed E-state index contributed by atoms with van der Waals surface area (Å²) in [5.74, 6) is -0.298. The molecule has 1 aromatic carbocycles. The van der Waals surface area contributed by atoms with E-state index < -0.39 is 29.6 Å². The zero-order valence-corrected chi connectivity index (χ0v) is 16.0. The first-order chi connectivity index (χ1) is 13.8. The molecule has 0 aliphatic heterocycles. The lowest BCUT2D eigenvalue weighted by molar-refractivity contribution is -0.122. The molecule has 9 nitrogen and oxygen atoms in total. The summed E-state index contributed by atoms with van der Waals surface area (Å²) in [6.07, 6.45) is 1.39. The van der Waals surface area contributed by atoms with Crippen molar-refractivity contribution in [3.05, 3.63) is 92.1 Å². The van der Waals surface area contributed by atoms with Crippen LogP contribution in [-0.2, 0) is 17.9 Å². The first-order valence-electron chi connectivity index (χ1n) is 8.85. The van der Waals surface area contributed by atoms with E-state index in [-0.39, 0.29) is 12.1 Å². The van der Waals surface area contributed by atoms with Gasteiger partial charge < -0.3 is 4.42 Å². The summed E-state index contributed by atoms with van der Waals surface area (Å²) in [6.45, 7) is 3.06. The average molecular weight is 396 g/mol. The molecule has 9 heteroatoms. The Bertz CT molecular complexity index is 1160. The second-order valence-electron chi connectivity index (χ2n) is 6.47. The van der Waals surface area contributed by atoms with Crippen molar-refractivity contribution >= 4 is 11.8 Å². The summed E-state index contributed by atoms with van der Waals surface area (Å²) in [7, 11) is 0. The minimum Gasteiger partial charge on any atom is -0.466 e. The summed E-state index contributed by atoms with van der Waals surface area (Å²) in [6, 6.07) is 12.0. The number of amides is 2. The minimum atomic E-state index is -0.715. The molecule has 0 unspecified atom stereocenters. The number of hydrazine groups is 1. The number of hydrogen-bond donors (Lipinski definition) is 2. The Morgan fingerprint density at radius 2 is 1.76 bits per heavy atom. The van der Waals surface area contributed by atoms with Crippen molar-refractivity contribution in [2.45, 2.75) is 26.9 Å². The molecule has 0 aliphatic rings. The average Bonchev–Trinajstić information content (AvgIpc) is 3.04. The van der Waals surface area contributed by atoms with E-state index in [1.807, 2.05) is 30.3 Å². The van der Waals surface area contributed by atoms with Gasteiger partial charge in [-0.25, -0.2) is 4.79 Å². The van der Waals surface area contributed by atoms with Crippen LogP contribution in [0.15, 0.2) is 62.7 Å². The molecule has 29 heavy (non-hydrogen) atoms. The van der Waals surface area contributed by atoms with E-state index in [9.17, 15) is 19.2 Å². The van der Waals surface area contributed by atoms with Crippen molar-refractivity contribution in [1.29, 1.82) is 0 Å². The quantitative estimate of drug-likeness (QED) is 0.617. The third-order valence-electron chi connectivity index (χ3n) is 4.24. The molecule has 0 radical (unpaired) electrons. The molecule has 3 aromatic rings. The number of nitrogens with zero attached hydrogens (tertiary/aromatic N) is 2. The monoisotopic (exact) mass is 396 g/mol. The van der Waals surface area contributed by atoms with Crippen molar-refractivity contribution in [3.8, 4) is 0 Å². The fraction of sp³-hybridized carbons (Fsp3) is 0.200. The molecule has 0 fully saturated rings. The fourth-order valence-corrected chi connectivity index (χ4v) is 2.84. The SMILES string of the molecule is Cc1cc(C(=O)NNC(=O)Cn2c(=O)ccn(Cc3ccccc3)c2=O)c(C)o1. The Morgan fingerprint density at radius 3 is 2.41 bits per heavy atom. The predicted octanol–water partition coefficient (Wildman–Crippen LogP) is 0.729. The number of carbonyl (C=O) groups excluding carboxylic acids is 2. The Labute approximate surface area is 165 Å². The second-order valence-corrected chi connectivity index (χ2v) is 6.47. The number of carbonyl (C=O) groups is 2. The van der Waals surface area contributed by atoms with E-state index in [2.05, 4.69) is 10.9 Å². The molecule has 2 amide bonds. The number of benzene rings is 1. The van der Waals surface area contributed by atoms with Gasteiger partial charge in [0.2, 0.25) is 0 Å². The maximum absolute atomic E-state index is 12.6. The summed E-state index contributed by atoms with van der Waals surface area (Å²) in [5, 5.41) is 0. The van der Waals surface area contributed by atoms with E-state index in [0.717, 1.165) is 10.1 Å². The Balaban J connectivity index is 1.69. The first kappa shape index (κ1) is 19.9. The second kappa shape index (κ2) is 8.42.